The average Bonchev–Trinajstić information content (AvgIpc) is 2.25. The molecule has 0 fully saturated rings. The minimum Gasteiger partial charge on any atom is -0.508 e. The predicted octanol–water partition coefficient (Wildman–Crippen LogP) is 2.59. The van der Waals surface area contributed by atoms with E-state index in [1.54, 1.807) is 0 Å². The molecule has 19 heavy (non-hydrogen) atoms. The summed E-state index contributed by atoms with van der Waals surface area (Å²) >= 11 is 0. The Labute approximate surface area is 116 Å². The largest absolute Gasteiger partial charge is 0.508 e. The van der Waals surface area contributed by atoms with E-state index in [4.69, 9.17) is 0 Å². The summed E-state index contributed by atoms with van der Waals surface area (Å²) in [5, 5.41) is 9.62. The first-order chi connectivity index (χ1) is 8.88. The quantitative estimate of drug-likeness (QED) is 0.813. The molecule has 0 aliphatic carbocycles. The summed E-state index contributed by atoms with van der Waals surface area (Å²) in [6.45, 7) is 10.5. The molecule has 1 radical (unpaired) electrons. The third-order valence-electron chi connectivity index (χ3n) is 3.61. The highest BCUT2D eigenvalue weighted by molar-refractivity contribution is 6.69. The van der Waals surface area contributed by atoms with Gasteiger partial charge in [-0.15, -0.1) is 0 Å². The second-order valence-electron chi connectivity index (χ2n) is 5.45. The highest BCUT2D eigenvalue weighted by atomic mass is 16.3. The van der Waals surface area contributed by atoms with Crippen LogP contribution in [-0.2, 0) is 0 Å². The highest BCUT2D eigenvalue weighted by Crippen LogP contribution is 2.13. The molecule has 0 amide bonds. The highest BCUT2D eigenvalue weighted by Gasteiger charge is 2.11. The first-order valence-corrected chi connectivity index (χ1v) is 6.61. The van der Waals surface area contributed by atoms with Gasteiger partial charge in [0.2, 0.25) is 0 Å². The van der Waals surface area contributed by atoms with Gasteiger partial charge in [-0.3, -0.25) is 0 Å². The van der Waals surface area contributed by atoms with Gasteiger partial charge >= 0.3 is 0 Å². The third kappa shape index (κ3) is 2.84. The molecule has 97 valence electrons. The summed E-state index contributed by atoms with van der Waals surface area (Å²) in [7, 11) is 2.23. The number of hydrogen-bond acceptors (Lipinski definition) is 1. The Kier molecular flexibility index (Phi) is 3.70. The zero-order chi connectivity index (χ0) is 14.2. The SMILES string of the molecule is Cc1cc(C)c([B]c2c(C)cc(O)cc2C)c(C)c1. The van der Waals surface area contributed by atoms with Crippen LogP contribution in [0.25, 0.3) is 0 Å². The van der Waals surface area contributed by atoms with Crippen molar-refractivity contribution in [1.82, 2.24) is 0 Å². The number of benzene rings is 2. The van der Waals surface area contributed by atoms with Gasteiger partial charge in [-0.25, -0.2) is 0 Å². The van der Waals surface area contributed by atoms with Gasteiger partial charge in [0, 0.05) is 0 Å². The lowest BCUT2D eigenvalue weighted by Gasteiger charge is -2.14. The molecule has 0 unspecified atom stereocenters. The molecule has 2 aromatic rings. The number of aryl methyl sites for hydroxylation is 5. The van der Waals surface area contributed by atoms with E-state index in [0.717, 1.165) is 11.1 Å². The molecule has 0 aromatic heterocycles. The zero-order valence-electron chi connectivity index (χ0n) is 12.3. The molecule has 1 nitrogen and oxygen atoms in total. The molecule has 0 aliphatic heterocycles. The van der Waals surface area contributed by atoms with Crippen molar-refractivity contribution >= 4 is 18.2 Å². The maximum absolute atomic E-state index is 9.62. The van der Waals surface area contributed by atoms with Gasteiger partial charge < -0.3 is 5.11 Å². The van der Waals surface area contributed by atoms with Crippen LogP contribution in [0.4, 0.5) is 0 Å². The van der Waals surface area contributed by atoms with E-state index < -0.39 is 0 Å². The fourth-order valence-corrected chi connectivity index (χ4v) is 2.74. The molecule has 0 saturated carbocycles. The van der Waals surface area contributed by atoms with Crippen molar-refractivity contribution in [2.75, 3.05) is 0 Å². The summed E-state index contributed by atoms with van der Waals surface area (Å²) in [6, 6.07) is 8.06. The maximum atomic E-state index is 9.62. The van der Waals surface area contributed by atoms with Crippen LogP contribution in [-0.4, -0.2) is 12.4 Å². The number of phenolic OH excluding ortho intramolecular Hbond substituents is 1. The lowest BCUT2D eigenvalue weighted by Crippen LogP contribution is -2.34. The minimum absolute atomic E-state index is 0.338. The molecule has 0 atom stereocenters. The van der Waals surface area contributed by atoms with Gasteiger partial charge in [0.15, 0.2) is 7.28 Å². The number of rotatable bonds is 2. The van der Waals surface area contributed by atoms with Crippen LogP contribution < -0.4 is 10.9 Å². The van der Waals surface area contributed by atoms with Crippen molar-refractivity contribution in [3.8, 4) is 5.75 Å². The van der Waals surface area contributed by atoms with Gasteiger partial charge in [-0.1, -0.05) is 50.9 Å². The number of hydrogen-bond donors (Lipinski definition) is 1. The number of phenols is 1. The Bertz CT molecular complexity index is 528. The molecule has 2 heteroatoms. The molecule has 0 heterocycles. The molecule has 0 aliphatic rings. The Balaban J connectivity index is 2.48. The van der Waals surface area contributed by atoms with E-state index in [0.29, 0.717) is 5.75 Å². The molecule has 2 rings (SSSR count). The maximum Gasteiger partial charge on any atom is 0.192 e. The van der Waals surface area contributed by atoms with Crippen LogP contribution >= 0.6 is 0 Å². The standard InChI is InChI=1S/C17H20BO/c1-10-6-11(2)16(12(3)7-10)18-17-13(4)8-15(19)9-14(17)5/h6-9,19H,1-5H3. The fourth-order valence-electron chi connectivity index (χ4n) is 2.74. The molecule has 0 bridgehead atoms. The smallest absolute Gasteiger partial charge is 0.192 e. The topological polar surface area (TPSA) is 20.2 Å². The second kappa shape index (κ2) is 5.12. The van der Waals surface area contributed by atoms with Crippen LogP contribution in [0.5, 0.6) is 5.75 Å². The molecular formula is C17H20BO. The second-order valence-corrected chi connectivity index (χ2v) is 5.45. The first-order valence-electron chi connectivity index (χ1n) is 6.61. The van der Waals surface area contributed by atoms with Crippen LogP contribution in [0, 0.1) is 34.6 Å². The van der Waals surface area contributed by atoms with Gasteiger partial charge in [0.1, 0.15) is 5.75 Å². The third-order valence-corrected chi connectivity index (χ3v) is 3.61. The van der Waals surface area contributed by atoms with E-state index in [1.807, 2.05) is 26.0 Å². The summed E-state index contributed by atoms with van der Waals surface area (Å²) in [5.74, 6) is 0.338. The van der Waals surface area contributed by atoms with Gasteiger partial charge in [-0.2, -0.15) is 0 Å². The van der Waals surface area contributed by atoms with Gasteiger partial charge in [0.25, 0.3) is 0 Å². The van der Waals surface area contributed by atoms with Crippen molar-refractivity contribution < 1.29 is 5.11 Å². The summed E-state index contributed by atoms with van der Waals surface area (Å²) < 4.78 is 0. The molecule has 0 spiro atoms. The normalized spacial score (nSPS) is 10.6. The van der Waals surface area contributed by atoms with Gasteiger partial charge in [-0.05, 0) is 46.8 Å². The summed E-state index contributed by atoms with van der Waals surface area (Å²) in [6.07, 6.45) is 0. The van der Waals surface area contributed by atoms with E-state index in [9.17, 15) is 5.11 Å². The fraction of sp³-hybridized carbons (Fsp3) is 0.294. The minimum atomic E-state index is 0.338. The van der Waals surface area contributed by atoms with E-state index in [1.165, 1.54) is 27.6 Å². The van der Waals surface area contributed by atoms with Crippen LogP contribution in [0.15, 0.2) is 24.3 Å². The average molecular weight is 251 g/mol. The Morgan fingerprint density at radius 1 is 0.684 bits per heavy atom. The van der Waals surface area contributed by atoms with Crippen LogP contribution in [0.3, 0.4) is 0 Å². The summed E-state index contributed by atoms with van der Waals surface area (Å²) in [5.41, 5.74) is 8.59. The van der Waals surface area contributed by atoms with Crippen molar-refractivity contribution in [1.29, 1.82) is 0 Å². The van der Waals surface area contributed by atoms with Crippen molar-refractivity contribution in [3.05, 3.63) is 52.1 Å². The van der Waals surface area contributed by atoms with Crippen molar-refractivity contribution in [3.63, 3.8) is 0 Å². The van der Waals surface area contributed by atoms with Gasteiger partial charge in [0.05, 0.1) is 0 Å². The zero-order valence-corrected chi connectivity index (χ0v) is 12.3. The first kappa shape index (κ1) is 13.7. The van der Waals surface area contributed by atoms with Crippen molar-refractivity contribution in [2.24, 2.45) is 0 Å². The lowest BCUT2D eigenvalue weighted by molar-refractivity contribution is 0.474. The molecular weight excluding hydrogens is 231 g/mol. The summed E-state index contributed by atoms with van der Waals surface area (Å²) in [4.78, 5) is 0. The predicted molar refractivity (Wildman–Crippen MR) is 83.3 cm³/mol. The molecule has 0 saturated heterocycles. The number of aromatic hydroxyl groups is 1. The van der Waals surface area contributed by atoms with E-state index in [2.05, 4.69) is 40.2 Å². The van der Waals surface area contributed by atoms with E-state index in [-0.39, 0.29) is 0 Å². The molecule has 2 aromatic carbocycles. The Morgan fingerprint density at radius 2 is 1.05 bits per heavy atom. The lowest BCUT2D eigenvalue weighted by atomic mass is 9.58. The monoisotopic (exact) mass is 251 g/mol. The molecule has 1 N–H and O–H groups in total. The van der Waals surface area contributed by atoms with Crippen LogP contribution in [0.1, 0.15) is 27.8 Å². The van der Waals surface area contributed by atoms with Crippen molar-refractivity contribution in [2.45, 2.75) is 34.6 Å². The van der Waals surface area contributed by atoms with E-state index >= 15 is 0 Å². The Morgan fingerprint density at radius 3 is 1.47 bits per heavy atom. The Hall–Kier alpha value is -1.70. The van der Waals surface area contributed by atoms with Crippen LogP contribution in [0.2, 0.25) is 0 Å².